The van der Waals surface area contributed by atoms with E-state index in [0.717, 1.165) is 29.7 Å². The van der Waals surface area contributed by atoms with Gasteiger partial charge in [-0.2, -0.15) is 5.26 Å². The predicted octanol–water partition coefficient (Wildman–Crippen LogP) is 2.76. The Kier molecular flexibility index (Phi) is 3.01. The van der Waals surface area contributed by atoms with Gasteiger partial charge in [-0.15, -0.1) is 0 Å². The zero-order valence-electron chi connectivity index (χ0n) is 11.9. The first-order valence-corrected chi connectivity index (χ1v) is 7.65. The maximum Gasteiger partial charge on any atom is 0.144 e. The predicted molar refractivity (Wildman–Crippen MR) is 83.1 cm³/mol. The van der Waals surface area contributed by atoms with Gasteiger partial charge in [0.25, 0.3) is 0 Å². The fraction of sp³-hybridized carbons (Fsp3) is 0.412. The van der Waals surface area contributed by atoms with E-state index in [2.05, 4.69) is 21.3 Å². The van der Waals surface area contributed by atoms with Crippen molar-refractivity contribution < 1.29 is 0 Å². The number of aromatic nitrogens is 1. The van der Waals surface area contributed by atoms with Gasteiger partial charge in [0.15, 0.2) is 0 Å². The Morgan fingerprint density at radius 3 is 3.05 bits per heavy atom. The molecule has 0 saturated carbocycles. The summed E-state index contributed by atoms with van der Waals surface area (Å²) in [4.78, 5) is 7.23. The zero-order valence-corrected chi connectivity index (χ0v) is 11.9. The summed E-state index contributed by atoms with van der Waals surface area (Å²) in [7, 11) is 0. The second-order valence-electron chi connectivity index (χ2n) is 5.97. The van der Waals surface area contributed by atoms with Crippen LogP contribution in [0.25, 0.3) is 10.9 Å². The lowest BCUT2D eigenvalue weighted by molar-refractivity contribution is 0.318. The van der Waals surface area contributed by atoms with Crippen molar-refractivity contribution in [2.24, 2.45) is 0 Å². The summed E-state index contributed by atoms with van der Waals surface area (Å²) >= 11 is 0. The Hall–Kier alpha value is -2.12. The molecule has 2 atom stereocenters. The van der Waals surface area contributed by atoms with E-state index < -0.39 is 0 Å². The summed E-state index contributed by atoms with van der Waals surface area (Å²) in [6.45, 7) is 2.39. The Bertz CT molecular complexity index is 718. The molecule has 2 unspecified atom stereocenters. The number of pyridine rings is 1. The number of benzene rings is 1. The fourth-order valence-electron chi connectivity index (χ4n) is 3.74. The third kappa shape index (κ3) is 2.14. The maximum atomic E-state index is 9.40. The first-order chi connectivity index (χ1) is 10.3. The van der Waals surface area contributed by atoms with Gasteiger partial charge in [0, 0.05) is 24.0 Å². The van der Waals surface area contributed by atoms with Crippen LogP contribution in [0, 0.1) is 11.3 Å². The van der Waals surface area contributed by atoms with Crippen molar-refractivity contribution in [2.45, 2.75) is 31.3 Å². The molecule has 0 bridgehead atoms. The van der Waals surface area contributed by atoms with Gasteiger partial charge in [-0.1, -0.05) is 18.2 Å². The molecule has 1 aromatic carbocycles. The standard InChI is InChI=1S/C17H18N4/c18-11-13-10-12-4-1-2-5-14(12)19-17(13)20-15-7-9-21-8-3-6-16(15)21/h1-2,4-5,10,15-16H,3,6-9H2,(H,19,20). The number of hydrogen-bond donors (Lipinski definition) is 1. The van der Waals surface area contributed by atoms with Gasteiger partial charge >= 0.3 is 0 Å². The minimum absolute atomic E-state index is 0.424. The largest absolute Gasteiger partial charge is 0.365 e. The van der Waals surface area contributed by atoms with Crippen LogP contribution in [0.5, 0.6) is 0 Å². The lowest BCUT2D eigenvalue weighted by Gasteiger charge is -2.22. The highest BCUT2D eigenvalue weighted by atomic mass is 15.2. The minimum atomic E-state index is 0.424. The fourth-order valence-corrected chi connectivity index (χ4v) is 3.74. The molecule has 1 aromatic heterocycles. The van der Waals surface area contributed by atoms with Crippen LogP contribution in [0.1, 0.15) is 24.8 Å². The van der Waals surface area contributed by atoms with E-state index in [0.29, 0.717) is 17.6 Å². The summed E-state index contributed by atoms with van der Waals surface area (Å²) in [5.41, 5.74) is 1.59. The first-order valence-electron chi connectivity index (χ1n) is 7.65. The number of anilines is 1. The Balaban J connectivity index is 1.68. The van der Waals surface area contributed by atoms with E-state index >= 15 is 0 Å². The van der Waals surface area contributed by atoms with Crippen molar-refractivity contribution in [2.75, 3.05) is 18.4 Å². The normalized spacial score (nSPS) is 24.9. The molecule has 4 rings (SSSR count). The average Bonchev–Trinajstić information content (AvgIpc) is 3.11. The van der Waals surface area contributed by atoms with E-state index in [1.54, 1.807) is 0 Å². The van der Waals surface area contributed by atoms with Crippen LogP contribution in [0.3, 0.4) is 0 Å². The summed E-state index contributed by atoms with van der Waals surface area (Å²) in [6.07, 6.45) is 3.69. The van der Waals surface area contributed by atoms with Gasteiger partial charge in [0.1, 0.15) is 11.9 Å². The van der Waals surface area contributed by atoms with Gasteiger partial charge in [-0.05, 0) is 37.9 Å². The zero-order chi connectivity index (χ0) is 14.2. The summed E-state index contributed by atoms with van der Waals surface area (Å²) in [5, 5.41) is 14.0. The van der Waals surface area contributed by atoms with Gasteiger partial charge < -0.3 is 5.32 Å². The quantitative estimate of drug-likeness (QED) is 0.917. The highest BCUT2D eigenvalue weighted by molar-refractivity contribution is 5.82. The van der Waals surface area contributed by atoms with Crippen molar-refractivity contribution in [1.82, 2.24) is 9.88 Å². The van der Waals surface area contributed by atoms with Crippen LogP contribution in [0.4, 0.5) is 5.82 Å². The molecule has 1 N–H and O–H groups in total. The second kappa shape index (κ2) is 5.01. The molecule has 2 fully saturated rings. The molecular weight excluding hydrogens is 260 g/mol. The van der Waals surface area contributed by atoms with Crippen LogP contribution in [0.15, 0.2) is 30.3 Å². The molecule has 0 amide bonds. The molecule has 106 valence electrons. The number of rotatable bonds is 2. The first kappa shape index (κ1) is 12.6. The maximum absolute atomic E-state index is 9.40. The number of nitriles is 1. The van der Waals surface area contributed by atoms with Crippen LogP contribution in [-0.4, -0.2) is 35.1 Å². The molecule has 0 spiro atoms. The number of nitrogens with zero attached hydrogens (tertiary/aromatic N) is 3. The van der Waals surface area contributed by atoms with E-state index in [1.165, 1.54) is 19.4 Å². The van der Waals surface area contributed by atoms with Crippen LogP contribution < -0.4 is 5.32 Å². The van der Waals surface area contributed by atoms with Crippen molar-refractivity contribution in [3.05, 3.63) is 35.9 Å². The van der Waals surface area contributed by atoms with Crippen LogP contribution in [0.2, 0.25) is 0 Å². The smallest absolute Gasteiger partial charge is 0.144 e. The highest BCUT2D eigenvalue weighted by Gasteiger charge is 2.37. The second-order valence-corrected chi connectivity index (χ2v) is 5.97. The van der Waals surface area contributed by atoms with Crippen molar-refractivity contribution in [3.8, 4) is 6.07 Å². The lowest BCUT2D eigenvalue weighted by Crippen LogP contribution is -2.34. The Morgan fingerprint density at radius 2 is 2.14 bits per heavy atom. The monoisotopic (exact) mass is 278 g/mol. The van der Waals surface area contributed by atoms with E-state index in [1.807, 2.05) is 30.3 Å². The summed E-state index contributed by atoms with van der Waals surface area (Å²) in [6, 6.07) is 13.2. The van der Waals surface area contributed by atoms with Gasteiger partial charge in [0.2, 0.25) is 0 Å². The molecule has 4 heteroatoms. The van der Waals surface area contributed by atoms with Crippen molar-refractivity contribution >= 4 is 16.7 Å². The van der Waals surface area contributed by atoms with E-state index in [9.17, 15) is 5.26 Å². The number of nitrogens with one attached hydrogen (secondary N) is 1. The topological polar surface area (TPSA) is 52.0 Å². The Labute approximate surface area is 124 Å². The summed E-state index contributed by atoms with van der Waals surface area (Å²) in [5.74, 6) is 0.745. The molecule has 2 aliphatic heterocycles. The Morgan fingerprint density at radius 1 is 1.24 bits per heavy atom. The third-order valence-electron chi connectivity index (χ3n) is 4.77. The van der Waals surface area contributed by atoms with Gasteiger partial charge in [-0.25, -0.2) is 4.98 Å². The summed E-state index contributed by atoms with van der Waals surface area (Å²) < 4.78 is 0. The van der Waals surface area contributed by atoms with Crippen LogP contribution in [-0.2, 0) is 0 Å². The molecule has 4 nitrogen and oxygen atoms in total. The van der Waals surface area contributed by atoms with E-state index in [-0.39, 0.29) is 0 Å². The highest BCUT2D eigenvalue weighted by Crippen LogP contribution is 2.31. The SMILES string of the molecule is N#Cc1cc2ccccc2nc1NC1CCN2CCCC12. The molecule has 2 aromatic rings. The van der Waals surface area contributed by atoms with E-state index in [4.69, 9.17) is 0 Å². The molecule has 21 heavy (non-hydrogen) atoms. The van der Waals surface area contributed by atoms with Crippen molar-refractivity contribution in [1.29, 1.82) is 5.26 Å². The van der Waals surface area contributed by atoms with Gasteiger partial charge in [0.05, 0.1) is 11.1 Å². The lowest BCUT2D eigenvalue weighted by atomic mass is 10.1. The van der Waals surface area contributed by atoms with Crippen LogP contribution >= 0.6 is 0 Å². The molecule has 0 radical (unpaired) electrons. The number of hydrogen-bond acceptors (Lipinski definition) is 4. The number of para-hydroxylation sites is 1. The molecule has 2 saturated heterocycles. The molecule has 2 aliphatic rings. The third-order valence-corrected chi connectivity index (χ3v) is 4.77. The molecular formula is C17H18N4. The molecule has 0 aliphatic carbocycles. The molecule has 3 heterocycles. The minimum Gasteiger partial charge on any atom is -0.365 e. The van der Waals surface area contributed by atoms with Crippen molar-refractivity contribution in [3.63, 3.8) is 0 Å². The number of fused-ring (bicyclic) bond motifs is 2. The van der Waals surface area contributed by atoms with Gasteiger partial charge in [-0.3, -0.25) is 4.90 Å². The average molecular weight is 278 g/mol.